The zero-order chi connectivity index (χ0) is 18.2. The third-order valence-corrected chi connectivity index (χ3v) is 5.64. The molecule has 144 valence electrons. The topological polar surface area (TPSA) is 47.6 Å². The molecule has 2 amide bonds. The van der Waals surface area contributed by atoms with Crippen molar-refractivity contribution in [3.63, 3.8) is 0 Å². The summed E-state index contributed by atoms with van der Waals surface area (Å²) < 4.78 is 0. The number of carbonyl (C=O) groups is 1. The minimum absolute atomic E-state index is 0.0184. The second kappa shape index (κ2) is 9.81. The van der Waals surface area contributed by atoms with E-state index in [1.807, 2.05) is 0 Å². The zero-order valence-electron chi connectivity index (χ0n) is 16.1. The molecule has 1 aromatic rings. The number of likely N-dealkylation sites (tertiary alicyclic amines) is 1. The molecule has 0 aliphatic carbocycles. The van der Waals surface area contributed by atoms with E-state index < -0.39 is 0 Å². The number of piperidine rings is 1. The Morgan fingerprint density at radius 2 is 1.96 bits per heavy atom. The number of amides is 2. The summed E-state index contributed by atoms with van der Waals surface area (Å²) in [6.07, 6.45) is 4.85. The number of hydrogen-bond acceptors (Lipinski definition) is 3. The van der Waals surface area contributed by atoms with E-state index in [1.54, 1.807) is 0 Å². The van der Waals surface area contributed by atoms with Gasteiger partial charge in [0.15, 0.2) is 0 Å². The van der Waals surface area contributed by atoms with Gasteiger partial charge in [0.25, 0.3) is 0 Å². The normalized spacial score (nSPS) is 23.8. The summed E-state index contributed by atoms with van der Waals surface area (Å²) in [7, 11) is 0. The molecule has 3 rings (SSSR count). The van der Waals surface area contributed by atoms with E-state index in [0.29, 0.717) is 5.92 Å². The molecule has 0 saturated carbocycles. The summed E-state index contributed by atoms with van der Waals surface area (Å²) in [4.78, 5) is 16.9. The predicted molar refractivity (Wildman–Crippen MR) is 108 cm³/mol. The third-order valence-electron chi connectivity index (χ3n) is 5.64. The van der Waals surface area contributed by atoms with Crippen LogP contribution in [0.15, 0.2) is 30.3 Å². The Kier molecular flexibility index (Phi) is 7.18. The van der Waals surface area contributed by atoms with Gasteiger partial charge >= 0.3 is 6.03 Å². The van der Waals surface area contributed by atoms with E-state index in [-0.39, 0.29) is 6.03 Å². The number of carbonyl (C=O) groups excluding carboxylic acids is 1. The van der Waals surface area contributed by atoms with Gasteiger partial charge in [0, 0.05) is 38.4 Å². The lowest BCUT2D eigenvalue weighted by Gasteiger charge is -2.30. The van der Waals surface area contributed by atoms with Gasteiger partial charge in [-0.2, -0.15) is 0 Å². The van der Waals surface area contributed by atoms with Crippen LogP contribution in [0.3, 0.4) is 0 Å². The molecule has 2 unspecified atom stereocenters. The number of anilines is 1. The smallest absolute Gasteiger partial charge is 0.314 e. The van der Waals surface area contributed by atoms with Crippen LogP contribution in [-0.4, -0.2) is 56.7 Å². The Morgan fingerprint density at radius 3 is 2.77 bits per heavy atom. The Morgan fingerprint density at radius 1 is 1.12 bits per heavy atom. The Bertz CT molecular complexity index is 550. The number of nitrogens with zero attached hydrogens (tertiary/aromatic N) is 2. The number of hydrogen-bond donors (Lipinski definition) is 2. The fraction of sp³-hybridized carbons (Fsp3) is 0.667. The monoisotopic (exact) mass is 358 g/mol. The van der Waals surface area contributed by atoms with Gasteiger partial charge in [-0.15, -0.1) is 0 Å². The number of para-hydroxylation sites is 1. The first-order valence-corrected chi connectivity index (χ1v) is 10.2. The lowest BCUT2D eigenvalue weighted by atomic mass is 10.0. The van der Waals surface area contributed by atoms with Gasteiger partial charge < -0.3 is 20.4 Å². The van der Waals surface area contributed by atoms with E-state index in [1.165, 1.54) is 31.6 Å². The van der Waals surface area contributed by atoms with Crippen LogP contribution in [0.1, 0.15) is 32.6 Å². The fourth-order valence-electron chi connectivity index (χ4n) is 4.17. The van der Waals surface area contributed by atoms with E-state index in [2.05, 4.69) is 57.7 Å². The van der Waals surface area contributed by atoms with Crippen molar-refractivity contribution in [1.29, 1.82) is 0 Å². The highest BCUT2D eigenvalue weighted by Crippen LogP contribution is 2.22. The highest BCUT2D eigenvalue weighted by Gasteiger charge is 2.23. The lowest BCUT2D eigenvalue weighted by Crippen LogP contribution is -2.40. The van der Waals surface area contributed by atoms with Crippen LogP contribution in [-0.2, 0) is 0 Å². The lowest BCUT2D eigenvalue weighted by molar-refractivity contribution is 0.181. The summed E-state index contributed by atoms with van der Waals surface area (Å²) in [5.74, 6) is 1.36. The van der Waals surface area contributed by atoms with E-state index in [4.69, 9.17) is 0 Å². The van der Waals surface area contributed by atoms with Crippen molar-refractivity contribution in [1.82, 2.24) is 15.5 Å². The molecule has 0 spiro atoms. The van der Waals surface area contributed by atoms with E-state index in [0.717, 1.165) is 51.5 Å². The maximum atomic E-state index is 12.0. The van der Waals surface area contributed by atoms with Crippen molar-refractivity contribution in [2.75, 3.05) is 50.7 Å². The van der Waals surface area contributed by atoms with Crippen molar-refractivity contribution in [2.45, 2.75) is 32.6 Å². The predicted octanol–water partition coefficient (Wildman–Crippen LogP) is 2.93. The maximum Gasteiger partial charge on any atom is 0.314 e. The number of benzene rings is 1. The second-order valence-electron chi connectivity index (χ2n) is 7.97. The van der Waals surface area contributed by atoms with Crippen molar-refractivity contribution < 1.29 is 4.79 Å². The fourth-order valence-corrected chi connectivity index (χ4v) is 4.17. The van der Waals surface area contributed by atoms with Gasteiger partial charge in [-0.25, -0.2) is 4.79 Å². The van der Waals surface area contributed by atoms with Crippen molar-refractivity contribution in [3.05, 3.63) is 30.3 Å². The van der Waals surface area contributed by atoms with Gasteiger partial charge in [0.05, 0.1) is 0 Å². The Labute approximate surface area is 158 Å². The molecule has 26 heavy (non-hydrogen) atoms. The van der Waals surface area contributed by atoms with Crippen LogP contribution in [0.5, 0.6) is 0 Å². The molecule has 2 aliphatic rings. The third kappa shape index (κ3) is 5.90. The molecule has 0 radical (unpaired) electrons. The Hall–Kier alpha value is -1.75. The van der Waals surface area contributed by atoms with Crippen LogP contribution in [0.4, 0.5) is 10.5 Å². The highest BCUT2D eigenvalue weighted by molar-refractivity contribution is 5.73. The van der Waals surface area contributed by atoms with Gasteiger partial charge in [0.2, 0.25) is 0 Å². The molecule has 2 saturated heterocycles. The van der Waals surface area contributed by atoms with Crippen LogP contribution in [0.25, 0.3) is 0 Å². The molecule has 5 heteroatoms. The van der Waals surface area contributed by atoms with Crippen LogP contribution in [0, 0.1) is 11.8 Å². The zero-order valence-corrected chi connectivity index (χ0v) is 16.1. The quantitative estimate of drug-likeness (QED) is 0.737. The summed E-state index contributed by atoms with van der Waals surface area (Å²) in [5.41, 5.74) is 1.28. The van der Waals surface area contributed by atoms with Crippen LogP contribution < -0.4 is 15.5 Å². The molecule has 2 N–H and O–H groups in total. The minimum Gasteiger partial charge on any atom is -0.371 e. The SMILES string of the molecule is CC1CCCN(CCCNC(=O)NCC2CCN(c3ccccc3)C2)C1. The average Bonchev–Trinajstić information content (AvgIpc) is 3.13. The molecule has 1 aromatic carbocycles. The summed E-state index contributed by atoms with van der Waals surface area (Å²) >= 11 is 0. The molecule has 2 aliphatic heterocycles. The van der Waals surface area contributed by atoms with Crippen molar-refractivity contribution in [3.8, 4) is 0 Å². The van der Waals surface area contributed by atoms with Gasteiger partial charge in [-0.3, -0.25) is 0 Å². The second-order valence-corrected chi connectivity index (χ2v) is 7.97. The Balaban J connectivity index is 1.25. The molecule has 0 aromatic heterocycles. The number of rotatable bonds is 7. The molecule has 0 bridgehead atoms. The van der Waals surface area contributed by atoms with Crippen molar-refractivity contribution in [2.24, 2.45) is 11.8 Å². The molecule has 2 fully saturated rings. The minimum atomic E-state index is -0.0184. The molecule has 5 nitrogen and oxygen atoms in total. The van der Waals surface area contributed by atoms with Crippen LogP contribution in [0.2, 0.25) is 0 Å². The molecular formula is C21H34N4O. The van der Waals surface area contributed by atoms with E-state index in [9.17, 15) is 4.79 Å². The van der Waals surface area contributed by atoms with Gasteiger partial charge in [-0.1, -0.05) is 25.1 Å². The summed E-state index contributed by atoms with van der Waals surface area (Å²) in [6, 6.07) is 10.5. The number of nitrogens with one attached hydrogen (secondary N) is 2. The largest absolute Gasteiger partial charge is 0.371 e. The first kappa shape index (κ1) is 19.0. The number of urea groups is 1. The highest BCUT2D eigenvalue weighted by atomic mass is 16.2. The van der Waals surface area contributed by atoms with E-state index >= 15 is 0 Å². The molecule has 2 heterocycles. The molecular weight excluding hydrogens is 324 g/mol. The van der Waals surface area contributed by atoms with Crippen molar-refractivity contribution >= 4 is 11.7 Å². The first-order chi connectivity index (χ1) is 12.7. The maximum absolute atomic E-state index is 12.0. The first-order valence-electron chi connectivity index (χ1n) is 10.2. The average molecular weight is 359 g/mol. The van der Waals surface area contributed by atoms with Gasteiger partial charge in [-0.05, 0) is 62.7 Å². The molecule has 2 atom stereocenters. The summed E-state index contributed by atoms with van der Waals surface area (Å²) in [6.45, 7) is 9.49. The van der Waals surface area contributed by atoms with Crippen LogP contribution >= 0.6 is 0 Å². The standard InChI is InChI=1S/C21H34N4O/c1-18-7-5-12-24(16-18)13-6-11-22-21(26)23-15-19-10-14-25(17-19)20-8-3-2-4-9-20/h2-4,8-9,18-19H,5-7,10-17H2,1H3,(H2,22,23,26). The summed E-state index contributed by atoms with van der Waals surface area (Å²) in [5, 5.41) is 6.06. The van der Waals surface area contributed by atoms with Gasteiger partial charge in [0.1, 0.15) is 0 Å².